The van der Waals surface area contributed by atoms with Gasteiger partial charge in [0.1, 0.15) is 6.33 Å². The Morgan fingerprint density at radius 2 is 2.29 bits per heavy atom. The molecule has 0 radical (unpaired) electrons. The SMILES string of the molecule is CCc1ncnc(N2CCC(C)C(Cl)C2)c1F. The van der Waals surface area contributed by atoms with E-state index in [4.69, 9.17) is 11.6 Å². The summed E-state index contributed by atoms with van der Waals surface area (Å²) in [5.74, 6) is 0.575. The van der Waals surface area contributed by atoms with Crippen molar-refractivity contribution in [2.45, 2.75) is 32.1 Å². The van der Waals surface area contributed by atoms with Crippen molar-refractivity contribution in [2.75, 3.05) is 18.0 Å². The average molecular weight is 258 g/mol. The zero-order chi connectivity index (χ0) is 12.4. The Hall–Kier alpha value is -0.900. The molecule has 0 bridgehead atoms. The second-order valence-electron chi connectivity index (χ2n) is 4.54. The molecule has 17 heavy (non-hydrogen) atoms. The third kappa shape index (κ3) is 2.51. The Kier molecular flexibility index (Phi) is 3.82. The van der Waals surface area contributed by atoms with Gasteiger partial charge in [-0.25, -0.2) is 14.4 Å². The van der Waals surface area contributed by atoms with Crippen molar-refractivity contribution in [1.82, 2.24) is 9.97 Å². The molecular weight excluding hydrogens is 241 g/mol. The first-order chi connectivity index (χ1) is 8.13. The van der Waals surface area contributed by atoms with E-state index in [0.29, 0.717) is 30.4 Å². The maximum Gasteiger partial charge on any atom is 0.187 e. The fourth-order valence-corrected chi connectivity index (χ4v) is 2.37. The predicted molar refractivity (Wildman–Crippen MR) is 67.0 cm³/mol. The summed E-state index contributed by atoms with van der Waals surface area (Å²) in [5, 5.41) is 0.0585. The molecule has 0 saturated carbocycles. The number of anilines is 1. The maximum absolute atomic E-state index is 14.1. The summed E-state index contributed by atoms with van der Waals surface area (Å²) in [7, 11) is 0. The number of hydrogen-bond acceptors (Lipinski definition) is 3. The van der Waals surface area contributed by atoms with Crippen molar-refractivity contribution in [1.29, 1.82) is 0 Å². The van der Waals surface area contributed by atoms with Gasteiger partial charge in [0, 0.05) is 13.1 Å². The lowest BCUT2D eigenvalue weighted by molar-refractivity contribution is 0.438. The first kappa shape index (κ1) is 12.6. The van der Waals surface area contributed by atoms with Crippen LogP contribution in [0.15, 0.2) is 6.33 Å². The highest BCUT2D eigenvalue weighted by Gasteiger charge is 2.27. The van der Waals surface area contributed by atoms with Crippen molar-refractivity contribution in [3.63, 3.8) is 0 Å². The van der Waals surface area contributed by atoms with E-state index < -0.39 is 0 Å². The molecule has 5 heteroatoms. The van der Waals surface area contributed by atoms with Crippen molar-refractivity contribution >= 4 is 17.4 Å². The van der Waals surface area contributed by atoms with Gasteiger partial charge in [0.2, 0.25) is 0 Å². The van der Waals surface area contributed by atoms with Gasteiger partial charge in [0.15, 0.2) is 11.6 Å². The van der Waals surface area contributed by atoms with E-state index in [9.17, 15) is 4.39 Å². The standard InChI is InChI=1S/C12H17ClFN3/c1-3-10-11(14)12(16-7-15-10)17-5-4-8(2)9(13)6-17/h7-9H,3-6H2,1-2H3. The lowest BCUT2D eigenvalue weighted by Gasteiger charge is -2.34. The summed E-state index contributed by atoms with van der Waals surface area (Å²) in [6.07, 6.45) is 2.98. The fraction of sp³-hybridized carbons (Fsp3) is 0.667. The molecule has 0 amide bonds. The highest BCUT2D eigenvalue weighted by molar-refractivity contribution is 6.21. The number of piperidine rings is 1. The summed E-state index contributed by atoms with van der Waals surface area (Å²) in [4.78, 5) is 9.92. The van der Waals surface area contributed by atoms with Crippen molar-refractivity contribution < 1.29 is 4.39 Å². The largest absolute Gasteiger partial charge is 0.353 e. The maximum atomic E-state index is 14.1. The Morgan fingerprint density at radius 3 is 2.94 bits per heavy atom. The van der Waals surface area contributed by atoms with E-state index in [0.717, 1.165) is 13.0 Å². The van der Waals surface area contributed by atoms with Crippen LogP contribution < -0.4 is 4.90 Å². The molecule has 0 spiro atoms. The number of aromatic nitrogens is 2. The zero-order valence-corrected chi connectivity index (χ0v) is 10.9. The first-order valence-electron chi connectivity index (χ1n) is 6.01. The number of hydrogen-bond donors (Lipinski definition) is 0. The molecule has 1 aliphatic heterocycles. The molecule has 3 nitrogen and oxygen atoms in total. The minimum atomic E-state index is -0.298. The van der Waals surface area contributed by atoms with Crippen LogP contribution in [0.4, 0.5) is 10.2 Å². The van der Waals surface area contributed by atoms with Gasteiger partial charge in [-0.1, -0.05) is 13.8 Å². The van der Waals surface area contributed by atoms with Gasteiger partial charge >= 0.3 is 0 Å². The van der Waals surface area contributed by atoms with Crippen molar-refractivity contribution in [3.8, 4) is 0 Å². The van der Waals surface area contributed by atoms with Crippen LogP contribution in [0.2, 0.25) is 0 Å². The second kappa shape index (κ2) is 5.17. The number of alkyl halides is 1. The molecule has 2 rings (SSSR count). The normalized spacial score (nSPS) is 25.1. The van der Waals surface area contributed by atoms with Crippen LogP contribution in [0.1, 0.15) is 26.0 Å². The smallest absolute Gasteiger partial charge is 0.187 e. The summed E-state index contributed by atoms with van der Waals surface area (Å²) in [5.41, 5.74) is 0.472. The minimum Gasteiger partial charge on any atom is -0.353 e. The Morgan fingerprint density at radius 1 is 1.53 bits per heavy atom. The lowest BCUT2D eigenvalue weighted by Crippen LogP contribution is -2.41. The number of nitrogens with zero attached hydrogens (tertiary/aromatic N) is 3. The monoisotopic (exact) mass is 257 g/mol. The van der Waals surface area contributed by atoms with Gasteiger partial charge in [-0.3, -0.25) is 0 Å². The highest BCUT2D eigenvalue weighted by atomic mass is 35.5. The summed E-state index contributed by atoms with van der Waals surface area (Å²) in [6, 6.07) is 0. The van der Waals surface area contributed by atoms with Gasteiger partial charge in [0.25, 0.3) is 0 Å². The van der Waals surface area contributed by atoms with Crippen LogP contribution in [0, 0.1) is 11.7 Å². The third-order valence-corrected chi connectivity index (χ3v) is 3.91. The number of aryl methyl sites for hydroxylation is 1. The third-order valence-electron chi connectivity index (χ3n) is 3.34. The average Bonchev–Trinajstić information content (AvgIpc) is 2.33. The lowest BCUT2D eigenvalue weighted by atomic mass is 9.98. The number of halogens is 2. The van der Waals surface area contributed by atoms with E-state index in [1.807, 2.05) is 11.8 Å². The van der Waals surface area contributed by atoms with E-state index in [1.165, 1.54) is 6.33 Å². The van der Waals surface area contributed by atoms with E-state index >= 15 is 0 Å². The Bertz CT molecular complexity index is 399. The fourth-order valence-electron chi connectivity index (χ4n) is 2.08. The highest BCUT2D eigenvalue weighted by Crippen LogP contribution is 2.27. The van der Waals surface area contributed by atoms with Crippen LogP contribution in [0.25, 0.3) is 0 Å². The number of rotatable bonds is 2. The van der Waals surface area contributed by atoms with Crippen LogP contribution >= 0.6 is 11.6 Å². The molecule has 2 unspecified atom stereocenters. The molecule has 1 aromatic heterocycles. The molecule has 1 aromatic rings. The molecule has 0 N–H and O–H groups in total. The van der Waals surface area contributed by atoms with E-state index in [1.54, 1.807) is 0 Å². The molecular formula is C12H17ClFN3. The van der Waals surface area contributed by atoms with Crippen LogP contribution in [0.3, 0.4) is 0 Å². The molecule has 0 aliphatic carbocycles. The Labute approximate surface area is 106 Å². The summed E-state index contributed by atoms with van der Waals surface area (Å²) < 4.78 is 14.1. The molecule has 1 fully saturated rings. The molecule has 0 aromatic carbocycles. The molecule has 1 aliphatic rings. The molecule has 2 atom stereocenters. The summed E-state index contributed by atoms with van der Waals surface area (Å²) in [6.45, 7) is 5.47. The van der Waals surface area contributed by atoms with Gasteiger partial charge < -0.3 is 4.90 Å². The second-order valence-corrected chi connectivity index (χ2v) is 5.10. The van der Waals surface area contributed by atoms with Gasteiger partial charge in [-0.2, -0.15) is 0 Å². The quantitative estimate of drug-likeness (QED) is 0.763. The van der Waals surface area contributed by atoms with Crippen LogP contribution in [-0.2, 0) is 6.42 Å². The van der Waals surface area contributed by atoms with E-state index in [-0.39, 0.29) is 11.2 Å². The molecule has 94 valence electrons. The van der Waals surface area contributed by atoms with Gasteiger partial charge in [0.05, 0.1) is 11.1 Å². The summed E-state index contributed by atoms with van der Waals surface area (Å²) >= 11 is 6.23. The zero-order valence-electron chi connectivity index (χ0n) is 10.2. The Balaban J connectivity index is 2.23. The predicted octanol–water partition coefficient (Wildman–Crippen LogP) is 2.63. The molecule has 2 heterocycles. The minimum absolute atomic E-state index is 0.0585. The van der Waals surface area contributed by atoms with Gasteiger partial charge in [-0.15, -0.1) is 11.6 Å². The topological polar surface area (TPSA) is 29.0 Å². The van der Waals surface area contributed by atoms with Crippen LogP contribution in [0.5, 0.6) is 0 Å². The van der Waals surface area contributed by atoms with Crippen molar-refractivity contribution in [2.24, 2.45) is 5.92 Å². The van der Waals surface area contributed by atoms with Gasteiger partial charge in [-0.05, 0) is 18.8 Å². The molecule has 1 saturated heterocycles. The first-order valence-corrected chi connectivity index (χ1v) is 6.45. The van der Waals surface area contributed by atoms with E-state index in [2.05, 4.69) is 16.9 Å². The van der Waals surface area contributed by atoms with Crippen molar-refractivity contribution in [3.05, 3.63) is 17.8 Å². The van der Waals surface area contributed by atoms with Crippen LogP contribution in [-0.4, -0.2) is 28.4 Å².